The smallest absolute Gasteiger partial charge is 0.151 e. The van der Waals surface area contributed by atoms with Gasteiger partial charge in [0.1, 0.15) is 0 Å². The Kier molecular flexibility index (Phi) is 4.11. The molecule has 126 valence electrons. The van der Waals surface area contributed by atoms with E-state index in [4.69, 9.17) is 4.74 Å². The van der Waals surface area contributed by atoms with Gasteiger partial charge in [-0.1, -0.05) is 0 Å². The minimum absolute atomic E-state index is 0.160. The number of rotatable bonds is 3. The third kappa shape index (κ3) is 3.43. The van der Waals surface area contributed by atoms with Crippen molar-refractivity contribution < 1.29 is 9.84 Å². The fourth-order valence-electron chi connectivity index (χ4n) is 3.65. The SMILES string of the molecule is CC1CN(c2ccc(N3CCC(O)CC3)nn2)CC(C2CC2)O1. The molecule has 0 radical (unpaired) electrons. The predicted molar refractivity (Wildman–Crippen MR) is 88.8 cm³/mol. The Morgan fingerprint density at radius 3 is 2.26 bits per heavy atom. The maximum atomic E-state index is 9.61. The van der Waals surface area contributed by atoms with Crippen molar-refractivity contribution in [1.29, 1.82) is 0 Å². The number of hydrogen-bond donors (Lipinski definition) is 1. The average molecular weight is 318 g/mol. The van der Waals surface area contributed by atoms with Crippen molar-refractivity contribution >= 4 is 11.6 Å². The summed E-state index contributed by atoms with van der Waals surface area (Å²) in [5, 5.41) is 18.5. The van der Waals surface area contributed by atoms with E-state index >= 15 is 0 Å². The first kappa shape index (κ1) is 15.1. The second-order valence-electron chi connectivity index (χ2n) is 7.20. The molecule has 0 aromatic carbocycles. The summed E-state index contributed by atoms with van der Waals surface area (Å²) in [4.78, 5) is 4.52. The van der Waals surface area contributed by atoms with Crippen LogP contribution < -0.4 is 9.80 Å². The molecule has 0 bridgehead atoms. The molecule has 3 aliphatic rings. The topological polar surface area (TPSA) is 61.7 Å². The van der Waals surface area contributed by atoms with Crippen LogP contribution in [0.4, 0.5) is 11.6 Å². The van der Waals surface area contributed by atoms with Gasteiger partial charge < -0.3 is 19.6 Å². The first-order valence-corrected chi connectivity index (χ1v) is 8.86. The van der Waals surface area contributed by atoms with Crippen LogP contribution in [0.25, 0.3) is 0 Å². The molecule has 2 aliphatic heterocycles. The maximum absolute atomic E-state index is 9.61. The van der Waals surface area contributed by atoms with Gasteiger partial charge in [-0.3, -0.25) is 0 Å². The molecule has 23 heavy (non-hydrogen) atoms. The Bertz CT molecular complexity index is 526. The van der Waals surface area contributed by atoms with Crippen LogP contribution in [0.5, 0.6) is 0 Å². The van der Waals surface area contributed by atoms with Crippen molar-refractivity contribution in [2.75, 3.05) is 36.0 Å². The summed E-state index contributed by atoms with van der Waals surface area (Å²) in [6.07, 6.45) is 4.67. The van der Waals surface area contributed by atoms with E-state index in [1.165, 1.54) is 12.8 Å². The van der Waals surface area contributed by atoms with E-state index in [9.17, 15) is 5.11 Å². The monoisotopic (exact) mass is 318 g/mol. The van der Waals surface area contributed by atoms with Gasteiger partial charge >= 0.3 is 0 Å². The van der Waals surface area contributed by atoms with Gasteiger partial charge in [0.15, 0.2) is 11.6 Å². The minimum atomic E-state index is -0.160. The number of aromatic nitrogens is 2. The minimum Gasteiger partial charge on any atom is -0.393 e. The van der Waals surface area contributed by atoms with E-state index in [2.05, 4.69) is 39.1 Å². The van der Waals surface area contributed by atoms with E-state index in [-0.39, 0.29) is 12.2 Å². The van der Waals surface area contributed by atoms with Crippen LogP contribution >= 0.6 is 0 Å². The molecule has 6 nitrogen and oxygen atoms in total. The van der Waals surface area contributed by atoms with E-state index in [1.54, 1.807) is 0 Å². The molecular weight excluding hydrogens is 292 g/mol. The standard InChI is InChI=1S/C17H26N4O2/c1-12-10-21(11-15(23-12)13-2-3-13)17-5-4-16(18-19-17)20-8-6-14(22)7-9-20/h4-5,12-15,22H,2-3,6-11H2,1H3. The molecule has 4 rings (SSSR count). The van der Waals surface area contributed by atoms with Crippen molar-refractivity contribution in [2.24, 2.45) is 5.92 Å². The van der Waals surface area contributed by atoms with Gasteiger partial charge in [-0.25, -0.2) is 0 Å². The number of morpholine rings is 1. The van der Waals surface area contributed by atoms with E-state index in [0.717, 1.165) is 56.6 Å². The van der Waals surface area contributed by atoms with E-state index in [1.807, 2.05) is 0 Å². The number of aliphatic hydroxyl groups is 1. The van der Waals surface area contributed by atoms with Crippen LogP contribution in [0, 0.1) is 5.92 Å². The normalized spacial score (nSPS) is 29.8. The van der Waals surface area contributed by atoms with Gasteiger partial charge in [0.25, 0.3) is 0 Å². The molecule has 2 atom stereocenters. The number of nitrogens with zero attached hydrogens (tertiary/aromatic N) is 4. The molecule has 3 heterocycles. The molecule has 1 saturated carbocycles. The largest absolute Gasteiger partial charge is 0.393 e. The van der Waals surface area contributed by atoms with Gasteiger partial charge in [-0.2, -0.15) is 0 Å². The number of piperidine rings is 1. The quantitative estimate of drug-likeness (QED) is 0.910. The highest BCUT2D eigenvalue weighted by atomic mass is 16.5. The summed E-state index contributed by atoms with van der Waals surface area (Å²) in [5.41, 5.74) is 0. The highest BCUT2D eigenvalue weighted by Gasteiger charge is 2.37. The van der Waals surface area contributed by atoms with Gasteiger partial charge in [0.05, 0.1) is 18.3 Å². The molecule has 0 amide bonds. The van der Waals surface area contributed by atoms with Gasteiger partial charge in [0.2, 0.25) is 0 Å². The number of aliphatic hydroxyl groups excluding tert-OH is 1. The van der Waals surface area contributed by atoms with Crippen molar-refractivity contribution in [3.8, 4) is 0 Å². The fourth-order valence-corrected chi connectivity index (χ4v) is 3.65. The Labute approximate surface area is 137 Å². The molecule has 3 fully saturated rings. The number of ether oxygens (including phenoxy) is 1. The first-order valence-electron chi connectivity index (χ1n) is 8.86. The van der Waals surface area contributed by atoms with Crippen molar-refractivity contribution in [3.63, 3.8) is 0 Å². The predicted octanol–water partition coefficient (Wildman–Crippen LogP) is 1.44. The van der Waals surface area contributed by atoms with E-state index in [0.29, 0.717) is 6.10 Å². The van der Waals surface area contributed by atoms with Crippen molar-refractivity contribution in [3.05, 3.63) is 12.1 Å². The molecular formula is C17H26N4O2. The second-order valence-corrected chi connectivity index (χ2v) is 7.20. The third-order valence-electron chi connectivity index (χ3n) is 5.18. The molecule has 2 saturated heterocycles. The lowest BCUT2D eigenvalue weighted by Gasteiger charge is -2.37. The van der Waals surface area contributed by atoms with Crippen LogP contribution in [-0.2, 0) is 4.74 Å². The maximum Gasteiger partial charge on any atom is 0.151 e. The molecule has 1 aromatic rings. The van der Waals surface area contributed by atoms with Crippen LogP contribution in [0.15, 0.2) is 12.1 Å². The highest BCUT2D eigenvalue weighted by molar-refractivity contribution is 5.46. The zero-order valence-corrected chi connectivity index (χ0v) is 13.8. The Hall–Kier alpha value is -1.40. The van der Waals surface area contributed by atoms with Crippen LogP contribution in [0.2, 0.25) is 0 Å². The summed E-state index contributed by atoms with van der Waals surface area (Å²) in [6, 6.07) is 4.14. The lowest BCUT2D eigenvalue weighted by Crippen LogP contribution is -2.48. The zero-order chi connectivity index (χ0) is 15.8. The highest BCUT2D eigenvalue weighted by Crippen LogP contribution is 2.37. The fraction of sp³-hybridized carbons (Fsp3) is 0.765. The van der Waals surface area contributed by atoms with Crippen molar-refractivity contribution in [1.82, 2.24) is 10.2 Å². The summed E-state index contributed by atoms with van der Waals surface area (Å²) in [7, 11) is 0. The molecule has 1 aliphatic carbocycles. The first-order chi connectivity index (χ1) is 11.2. The van der Waals surface area contributed by atoms with Gasteiger partial charge in [-0.05, 0) is 50.7 Å². The summed E-state index contributed by atoms with van der Waals surface area (Å²) < 4.78 is 6.07. The Morgan fingerprint density at radius 1 is 1.00 bits per heavy atom. The van der Waals surface area contributed by atoms with Gasteiger partial charge in [-0.15, -0.1) is 10.2 Å². The lowest BCUT2D eigenvalue weighted by molar-refractivity contribution is -0.0274. The van der Waals surface area contributed by atoms with Crippen LogP contribution in [-0.4, -0.2) is 59.8 Å². The Morgan fingerprint density at radius 2 is 1.65 bits per heavy atom. The molecule has 2 unspecified atom stereocenters. The third-order valence-corrected chi connectivity index (χ3v) is 5.18. The number of anilines is 2. The molecule has 1 aromatic heterocycles. The van der Waals surface area contributed by atoms with Gasteiger partial charge in [0, 0.05) is 26.2 Å². The number of hydrogen-bond acceptors (Lipinski definition) is 6. The summed E-state index contributed by atoms with van der Waals surface area (Å²) in [6.45, 7) is 5.66. The average Bonchev–Trinajstić information content (AvgIpc) is 3.40. The van der Waals surface area contributed by atoms with Crippen molar-refractivity contribution in [2.45, 2.75) is 50.9 Å². The van der Waals surface area contributed by atoms with Crippen LogP contribution in [0.3, 0.4) is 0 Å². The van der Waals surface area contributed by atoms with E-state index < -0.39 is 0 Å². The van der Waals surface area contributed by atoms with Crippen LogP contribution in [0.1, 0.15) is 32.6 Å². The second kappa shape index (κ2) is 6.24. The summed E-state index contributed by atoms with van der Waals surface area (Å²) in [5.74, 6) is 2.61. The Balaban J connectivity index is 1.42. The summed E-state index contributed by atoms with van der Waals surface area (Å²) >= 11 is 0. The lowest BCUT2D eigenvalue weighted by atomic mass is 10.1. The molecule has 1 N–H and O–H groups in total. The zero-order valence-electron chi connectivity index (χ0n) is 13.8. The molecule has 6 heteroatoms. The molecule has 0 spiro atoms.